The summed E-state index contributed by atoms with van der Waals surface area (Å²) >= 11 is 0. The van der Waals surface area contributed by atoms with E-state index in [1.54, 1.807) is 30.3 Å². The highest BCUT2D eigenvalue weighted by atomic mass is 16.5. The molecule has 0 aromatic heterocycles. The van der Waals surface area contributed by atoms with E-state index in [2.05, 4.69) is 10.6 Å². The molecule has 162 valence electrons. The summed E-state index contributed by atoms with van der Waals surface area (Å²) in [6, 6.07) is 11.8. The van der Waals surface area contributed by atoms with Crippen molar-refractivity contribution < 1.29 is 23.9 Å². The molecule has 2 aromatic carbocycles. The number of amides is 4. The Labute approximate surface area is 180 Å². The lowest BCUT2D eigenvalue weighted by Crippen LogP contribution is -2.38. The van der Waals surface area contributed by atoms with E-state index in [9.17, 15) is 14.4 Å². The van der Waals surface area contributed by atoms with E-state index >= 15 is 0 Å². The number of methoxy groups -OCH3 is 1. The van der Waals surface area contributed by atoms with Crippen molar-refractivity contribution >= 4 is 29.6 Å². The van der Waals surface area contributed by atoms with Crippen molar-refractivity contribution in [3.05, 3.63) is 59.3 Å². The van der Waals surface area contributed by atoms with Crippen LogP contribution in [-0.2, 0) is 9.59 Å². The molecule has 2 N–H and O–H groups in total. The van der Waals surface area contributed by atoms with Crippen LogP contribution in [0, 0.1) is 6.92 Å². The molecule has 8 heteroatoms. The number of carbonyl (C=O) groups excluding carboxylic acids is 3. The monoisotopic (exact) mass is 423 g/mol. The van der Waals surface area contributed by atoms with Crippen molar-refractivity contribution in [3.63, 3.8) is 0 Å². The number of aryl methyl sites for hydroxylation is 1. The van der Waals surface area contributed by atoms with Crippen LogP contribution in [0.25, 0.3) is 6.08 Å². The second kappa shape index (κ2) is 9.34. The van der Waals surface area contributed by atoms with Gasteiger partial charge in [-0.2, -0.15) is 0 Å². The molecule has 0 radical (unpaired) electrons. The van der Waals surface area contributed by atoms with Crippen LogP contribution < -0.4 is 20.1 Å². The molecule has 1 fully saturated rings. The fourth-order valence-corrected chi connectivity index (χ4v) is 3.07. The number of hydrogen-bond acceptors (Lipinski definition) is 5. The lowest BCUT2D eigenvalue weighted by molar-refractivity contribution is -0.127. The second-order valence-electron chi connectivity index (χ2n) is 7.37. The molecule has 1 heterocycles. The molecule has 0 spiro atoms. The topological polar surface area (TPSA) is 97.0 Å². The van der Waals surface area contributed by atoms with Gasteiger partial charge in [0, 0.05) is 5.69 Å². The molecular weight excluding hydrogens is 398 g/mol. The number of anilines is 1. The Morgan fingerprint density at radius 3 is 2.61 bits per heavy atom. The molecule has 31 heavy (non-hydrogen) atoms. The van der Waals surface area contributed by atoms with Gasteiger partial charge in [0.15, 0.2) is 11.5 Å². The molecule has 0 unspecified atom stereocenters. The fraction of sp³-hybridized carbons (Fsp3) is 0.261. The van der Waals surface area contributed by atoms with Gasteiger partial charge in [0.2, 0.25) is 5.91 Å². The highest BCUT2D eigenvalue weighted by Crippen LogP contribution is 2.30. The van der Waals surface area contributed by atoms with Crippen molar-refractivity contribution in [1.82, 2.24) is 10.2 Å². The highest BCUT2D eigenvalue weighted by Gasteiger charge is 2.35. The minimum absolute atomic E-state index is 0.0201. The van der Waals surface area contributed by atoms with E-state index in [1.165, 1.54) is 13.2 Å². The summed E-state index contributed by atoms with van der Waals surface area (Å²) in [5, 5.41) is 5.20. The summed E-state index contributed by atoms with van der Waals surface area (Å²) in [5.74, 6) is 0.0446. The van der Waals surface area contributed by atoms with Crippen molar-refractivity contribution in [3.8, 4) is 11.5 Å². The van der Waals surface area contributed by atoms with Crippen LogP contribution in [0.5, 0.6) is 11.5 Å². The first-order valence-electron chi connectivity index (χ1n) is 9.82. The van der Waals surface area contributed by atoms with Gasteiger partial charge in [0.05, 0.1) is 13.2 Å². The Hall–Kier alpha value is -3.81. The summed E-state index contributed by atoms with van der Waals surface area (Å²) in [6.45, 7) is 5.33. The standard InChI is InChI=1S/C23H25N3O5/c1-14(2)31-19-9-8-16(12-20(19)30-4)11-18-22(28)26(23(29)25-18)13-21(27)24-17-7-5-6-15(3)10-17/h5-12,14H,13H2,1-4H3,(H,24,27)(H,25,29)/b18-11+. The summed E-state index contributed by atoms with van der Waals surface area (Å²) in [4.78, 5) is 38.1. The van der Waals surface area contributed by atoms with Crippen LogP contribution in [0.3, 0.4) is 0 Å². The van der Waals surface area contributed by atoms with E-state index in [4.69, 9.17) is 9.47 Å². The largest absolute Gasteiger partial charge is 0.493 e. The van der Waals surface area contributed by atoms with Gasteiger partial charge in [-0.1, -0.05) is 18.2 Å². The van der Waals surface area contributed by atoms with Gasteiger partial charge >= 0.3 is 6.03 Å². The van der Waals surface area contributed by atoms with Crippen molar-refractivity contribution in [2.75, 3.05) is 19.0 Å². The lowest BCUT2D eigenvalue weighted by atomic mass is 10.1. The molecule has 1 aliphatic heterocycles. The van der Waals surface area contributed by atoms with Crippen molar-refractivity contribution in [2.24, 2.45) is 0 Å². The van der Waals surface area contributed by atoms with Gasteiger partial charge in [-0.25, -0.2) is 9.69 Å². The summed E-state index contributed by atoms with van der Waals surface area (Å²) < 4.78 is 11.0. The first-order valence-corrected chi connectivity index (χ1v) is 9.82. The van der Waals surface area contributed by atoms with Crippen LogP contribution in [0.4, 0.5) is 10.5 Å². The van der Waals surface area contributed by atoms with Crippen LogP contribution >= 0.6 is 0 Å². The maximum atomic E-state index is 12.7. The summed E-state index contributed by atoms with van der Waals surface area (Å²) in [5.41, 5.74) is 2.30. The Morgan fingerprint density at radius 1 is 1.16 bits per heavy atom. The zero-order valence-electron chi connectivity index (χ0n) is 17.9. The van der Waals surface area contributed by atoms with Crippen LogP contribution in [0.15, 0.2) is 48.2 Å². The van der Waals surface area contributed by atoms with Crippen LogP contribution in [-0.4, -0.2) is 42.5 Å². The average Bonchev–Trinajstić information content (AvgIpc) is 2.96. The van der Waals surface area contributed by atoms with Gasteiger partial charge in [-0.15, -0.1) is 0 Å². The summed E-state index contributed by atoms with van der Waals surface area (Å²) in [6.07, 6.45) is 1.51. The molecule has 0 atom stereocenters. The number of nitrogens with one attached hydrogen (secondary N) is 2. The Bertz CT molecular complexity index is 1050. The number of nitrogens with zero attached hydrogens (tertiary/aromatic N) is 1. The molecule has 1 aliphatic rings. The van der Waals surface area contributed by atoms with Crippen molar-refractivity contribution in [2.45, 2.75) is 26.9 Å². The number of ether oxygens (including phenoxy) is 2. The molecule has 3 rings (SSSR count). The maximum absolute atomic E-state index is 12.7. The lowest BCUT2D eigenvalue weighted by Gasteiger charge is -2.14. The second-order valence-corrected chi connectivity index (χ2v) is 7.37. The minimum atomic E-state index is -0.651. The van der Waals surface area contributed by atoms with E-state index in [0.29, 0.717) is 22.7 Å². The molecule has 4 amide bonds. The van der Waals surface area contributed by atoms with E-state index in [-0.39, 0.29) is 18.3 Å². The van der Waals surface area contributed by atoms with E-state index in [1.807, 2.05) is 32.9 Å². The Morgan fingerprint density at radius 2 is 1.94 bits per heavy atom. The van der Waals surface area contributed by atoms with E-state index < -0.39 is 17.8 Å². The SMILES string of the molecule is COc1cc(/C=C2/NC(=O)N(CC(=O)Nc3cccc(C)c3)C2=O)ccc1OC(C)C. The third-order valence-corrected chi connectivity index (χ3v) is 4.43. The van der Waals surface area contributed by atoms with Gasteiger partial charge in [-0.05, 0) is 62.2 Å². The zero-order chi connectivity index (χ0) is 22.5. The van der Waals surface area contributed by atoms with Gasteiger partial charge in [-0.3, -0.25) is 9.59 Å². The molecule has 2 aromatic rings. The predicted octanol–water partition coefficient (Wildman–Crippen LogP) is 3.32. The van der Waals surface area contributed by atoms with Gasteiger partial charge in [0.25, 0.3) is 5.91 Å². The molecule has 0 bridgehead atoms. The number of carbonyl (C=O) groups is 3. The number of imide groups is 1. The normalized spacial score (nSPS) is 14.7. The third-order valence-electron chi connectivity index (χ3n) is 4.43. The number of hydrogen-bond donors (Lipinski definition) is 2. The molecular formula is C23H25N3O5. The Balaban J connectivity index is 1.72. The van der Waals surface area contributed by atoms with Crippen LogP contribution in [0.1, 0.15) is 25.0 Å². The van der Waals surface area contributed by atoms with Gasteiger partial charge in [0.1, 0.15) is 12.2 Å². The van der Waals surface area contributed by atoms with E-state index in [0.717, 1.165) is 10.5 Å². The Kier molecular flexibility index (Phi) is 6.59. The number of benzene rings is 2. The first kappa shape index (κ1) is 21.9. The number of urea groups is 1. The first-order chi connectivity index (χ1) is 14.8. The minimum Gasteiger partial charge on any atom is -0.493 e. The third kappa shape index (κ3) is 5.42. The van der Waals surface area contributed by atoms with Gasteiger partial charge < -0.3 is 20.1 Å². The van der Waals surface area contributed by atoms with Crippen molar-refractivity contribution in [1.29, 1.82) is 0 Å². The average molecular weight is 423 g/mol. The molecule has 8 nitrogen and oxygen atoms in total. The highest BCUT2D eigenvalue weighted by molar-refractivity contribution is 6.15. The van der Waals surface area contributed by atoms with Crippen LogP contribution in [0.2, 0.25) is 0 Å². The maximum Gasteiger partial charge on any atom is 0.329 e. The summed E-state index contributed by atoms with van der Waals surface area (Å²) in [7, 11) is 1.52. The molecule has 0 saturated carbocycles. The smallest absolute Gasteiger partial charge is 0.329 e. The molecule has 1 saturated heterocycles. The zero-order valence-corrected chi connectivity index (χ0v) is 17.9. The fourth-order valence-electron chi connectivity index (χ4n) is 3.07. The quantitative estimate of drug-likeness (QED) is 0.526. The predicted molar refractivity (Wildman–Crippen MR) is 117 cm³/mol. The number of rotatable bonds is 7. The molecule has 0 aliphatic carbocycles.